The molecular formula is C13H16N4. The smallest absolute Gasteiger partial charge is 0.138 e. The standard InChI is InChI=1S/C13H16N4/c14-11-3-1-2-10-4-5-16-13(12(10)11)17-8-6-15-7-9-17/h1-5,15H,6-9,14H2. The molecule has 0 atom stereocenters. The third kappa shape index (κ3) is 1.80. The third-order valence-electron chi connectivity index (χ3n) is 3.22. The van der Waals surface area contributed by atoms with Crippen molar-refractivity contribution in [3.63, 3.8) is 0 Å². The summed E-state index contributed by atoms with van der Waals surface area (Å²) < 4.78 is 0. The van der Waals surface area contributed by atoms with Crippen LogP contribution in [0, 0.1) is 0 Å². The lowest BCUT2D eigenvalue weighted by Gasteiger charge is -2.29. The Bertz CT molecular complexity index is 527. The van der Waals surface area contributed by atoms with Crippen molar-refractivity contribution < 1.29 is 0 Å². The Kier molecular flexibility index (Phi) is 2.57. The van der Waals surface area contributed by atoms with Crippen LogP contribution in [0.15, 0.2) is 30.5 Å². The van der Waals surface area contributed by atoms with E-state index in [4.69, 9.17) is 5.73 Å². The van der Waals surface area contributed by atoms with Gasteiger partial charge in [0.05, 0.1) is 0 Å². The Morgan fingerprint density at radius 2 is 2.00 bits per heavy atom. The fraction of sp³-hybridized carbons (Fsp3) is 0.308. The Labute approximate surface area is 100 Å². The number of aromatic nitrogens is 1. The molecule has 0 amide bonds. The van der Waals surface area contributed by atoms with Gasteiger partial charge in [0.25, 0.3) is 0 Å². The number of piperazine rings is 1. The highest BCUT2D eigenvalue weighted by Gasteiger charge is 2.15. The van der Waals surface area contributed by atoms with Crippen molar-refractivity contribution in [2.24, 2.45) is 0 Å². The van der Waals surface area contributed by atoms with Crippen molar-refractivity contribution in [1.29, 1.82) is 0 Å². The zero-order valence-electron chi connectivity index (χ0n) is 9.69. The number of pyridine rings is 1. The first-order chi connectivity index (χ1) is 8.36. The molecule has 0 spiro atoms. The van der Waals surface area contributed by atoms with Crippen LogP contribution in [0.3, 0.4) is 0 Å². The van der Waals surface area contributed by atoms with E-state index in [9.17, 15) is 0 Å². The number of fused-ring (bicyclic) bond motifs is 1. The highest BCUT2D eigenvalue weighted by atomic mass is 15.2. The summed E-state index contributed by atoms with van der Waals surface area (Å²) in [5.74, 6) is 1.02. The molecule has 1 aromatic heterocycles. The fourth-order valence-corrected chi connectivity index (χ4v) is 2.35. The van der Waals surface area contributed by atoms with Crippen LogP contribution in [-0.4, -0.2) is 31.2 Å². The topological polar surface area (TPSA) is 54.2 Å². The SMILES string of the molecule is Nc1cccc2ccnc(N3CCNCC3)c12. The minimum Gasteiger partial charge on any atom is -0.398 e. The Morgan fingerprint density at radius 1 is 1.18 bits per heavy atom. The monoisotopic (exact) mass is 228 g/mol. The van der Waals surface area contributed by atoms with Gasteiger partial charge in [0.1, 0.15) is 5.82 Å². The molecule has 0 radical (unpaired) electrons. The van der Waals surface area contributed by atoms with Crippen molar-refractivity contribution in [3.05, 3.63) is 30.5 Å². The van der Waals surface area contributed by atoms with E-state index in [-0.39, 0.29) is 0 Å². The number of hydrogen-bond donors (Lipinski definition) is 2. The summed E-state index contributed by atoms with van der Waals surface area (Å²) in [4.78, 5) is 6.81. The number of benzene rings is 1. The number of nitrogens with one attached hydrogen (secondary N) is 1. The van der Waals surface area contributed by atoms with Gasteiger partial charge in [-0.25, -0.2) is 4.98 Å². The maximum Gasteiger partial charge on any atom is 0.138 e. The largest absolute Gasteiger partial charge is 0.398 e. The van der Waals surface area contributed by atoms with Gasteiger partial charge in [-0.15, -0.1) is 0 Å². The summed E-state index contributed by atoms with van der Waals surface area (Å²) in [7, 11) is 0. The molecule has 1 saturated heterocycles. The number of hydrogen-bond acceptors (Lipinski definition) is 4. The van der Waals surface area contributed by atoms with Crippen LogP contribution >= 0.6 is 0 Å². The number of nitrogens with two attached hydrogens (primary N) is 1. The van der Waals surface area contributed by atoms with Crippen molar-refractivity contribution >= 4 is 22.3 Å². The van der Waals surface area contributed by atoms with Crippen LogP contribution in [-0.2, 0) is 0 Å². The molecule has 3 N–H and O–H groups in total. The lowest BCUT2D eigenvalue weighted by Crippen LogP contribution is -2.44. The first-order valence-electron chi connectivity index (χ1n) is 5.95. The van der Waals surface area contributed by atoms with Crippen molar-refractivity contribution in [2.75, 3.05) is 36.8 Å². The van der Waals surface area contributed by atoms with E-state index in [1.807, 2.05) is 24.4 Å². The van der Waals surface area contributed by atoms with Crippen molar-refractivity contribution in [2.45, 2.75) is 0 Å². The normalized spacial score (nSPS) is 16.4. The second-order valence-electron chi connectivity index (χ2n) is 4.32. The molecule has 1 aliphatic rings. The molecule has 2 aromatic rings. The number of anilines is 2. The van der Waals surface area contributed by atoms with E-state index >= 15 is 0 Å². The third-order valence-corrected chi connectivity index (χ3v) is 3.22. The lowest BCUT2D eigenvalue weighted by atomic mass is 10.1. The van der Waals surface area contributed by atoms with Crippen molar-refractivity contribution in [3.8, 4) is 0 Å². The van der Waals surface area contributed by atoms with E-state index in [1.165, 1.54) is 0 Å². The molecule has 17 heavy (non-hydrogen) atoms. The quantitative estimate of drug-likeness (QED) is 0.721. The first kappa shape index (κ1) is 10.4. The number of nitrogen functional groups attached to an aromatic ring is 1. The van der Waals surface area contributed by atoms with Crippen molar-refractivity contribution in [1.82, 2.24) is 10.3 Å². The van der Waals surface area contributed by atoms with Crippen LogP contribution in [0.1, 0.15) is 0 Å². The molecule has 0 saturated carbocycles. The summed E-state index contributed by atoms with van der Waals surface area (Å²) >= 11 is 0. The Morgan fingerprint density at radius 3 is 2.82 bits per heavy atom. The summed E-state index contributed by atoms with van der Waals surface area (Å²) in [6.45, 7) is 3.98. The van der Waals surface area contributed by atoms with Crippen LogP contribution in [0.25, 0.3) is 10.8 Å². The van der Waals surface area contributed by atoms with Gasteiger partial charge in [0, 0.05) is 43.4 Å². The summed E-state index contributed by atoms with van der Waals surface area (Å²) in [6, 6.07) is 8.02. The molecular weight excluding hydrogens is 212 g/mol. The fourth-order valence-electron chi connectivity index (χ4n) is 2.35. The second kappa shape index (κ2) is 4.22. The van der Waals surface area contributed by atoms with E-state index in [0.29, 0.717) is 0 Å². The molecule has 1 aromatic carbocycles. The van der Waals surface area contributed by atoms with Gasteiger partial charge in [0.15, 0.2) is 0 Å². The molecule has 4 heteroatoms. The molecule has 1 fully saturated rings. The summed E-state index contributed by atoms with van der Waals surface area (Å²) in [5, 5.41) is 5.59. The van der Waals surface area contributed by atoms with Gasteiger partial charge in [-0.1, -0.05) is 12.1 Å². The molecule has 2 heterocycles. The van der Waals surface area contributed by atoms with Gasteiger partial charge in [-0.2, -0.15) is 0 Å². The molecule has 3 rings (SSSR count). The van der Waals surface area contributed by atoms with Gasteiger partial charge in [-0.3, -0.25) is 0 Å². The van der Waals surface area contributed by atoms with Gasteiger partial charge in [0.2, 0.25) is 0 Å². The van der Waals surface area contributed by atoms with Crippen LogP contribution in [0.4, 0.5) is 11.5 Å². The molecule has 0 bridgehead atoms. The Balaban J connectivity index is 2.14. The summed E-state index contributed by atoms with van der Waals surface area (Å²) in [6.07, 6.45) is 1.86. The van der Waals surface area contributed by atoms with E-state index < -0.39 is 0 Å². The van der Waals surface area contributed by atoms with E-state index in [0.717, 1.165) is 48.5 Å². The van der Waals surface area contributed by atoms with Crippen LogP contribution < -0.4 is 16.0 Å². The zero-order chi connectivity index (χ0) is 11.7. The Hall–Kier alpha value is -1.81. The molecule has 0 unspecified atom stereocenters. The van der Waals surface area contributed by atoms with Gasteiger partial charge < -0.3 is 16.0 Å². The molecule has 1 aliphatic heterocycles. The van der Waals surface area contributed by atoms with Gasteiger partial charge in [-0.05, 0) is 17.5 Å². The number of nitrogens with zero attached hydrogens (tertiary/aromatic N) is 2. The highest BCUT2D eigenvalue weighted by molar-refractivity contribution is 6.01. The minimum absolute atomic E-state index is 0.809. The molecule has 0 aliphatic carbocycles. The molecule has 4 nitrogen and oxygen atoms in total. The predicted octanol–water partition coefficient (Wildman–Crippen LogP) is 1.23. The van der Waals surface area contributed by atoms with E-state index in [2.05, 4.69) is 21.3 Å². The highest BCUT2D eigenvalue weighted by Crippen LogP contribution is 2.29. The van der Waals surface area contributed by atoms with E-state index in [1.54, 1.807) is 0 Å². The maximum absolute atomic E-state index is 6.08. The minimum atomic E-state index is 0.809. The second-order valence-corrected chi connectivity index (χ2v) is 4.32. The maximum atomic E-state index is 6.08. The summed E-state index contributed by atoms with van der Waals surface area (Å²) in [5.41, 5.74) is 6.89. The van der Waals surface area contributed by atoms with Crippen LogP contribution in [0.5, 0.6) is 0 Å². The van der Waals surface area contributed by atoms with Crippen LogP contribution in [0.2, 0.25) is 0 Å². The van der Waals surface area contributed by atoms with Gasteiger partial charge >= 0.3 is 0 Å². The average molecular weight is 228 g/mol. The predicted molar refractivity (Wildman–Crippen MR) is 71.2 cm³/mol. The lowest BCUT2D eigenvalue weighted by molar-refractivity contribution is 0.586. The zero-order valence-corrected chi connectivity index (χ0v) is 9.69. The first-order valence-corrected chi connectivity index (χ1v) is 5.95. The number of rotatable bonds is 1. The average Bonchev–Trinajstić information content (AvgIpc) is 2.39. The molecule has 88 valence electrons.